The number of hydrogen-bond donors (Lipinski definition) is 5. The first-order valence-corrected chi connectivity index (χ1v) is 14.8. The van der Waals surface area contributed by atoms with Gasteiger partial charge in [0.15, 0.2) is 0 Å². The first-order chi connectivity index (χ1) is 21.3. The zero-order valence-corrected chi connectivity index (χ0v) is 26.3. The van der Waals surface area contributed by atoms with Crippen molar-refractivity contribution < 1.29 is 24.3 Å². The first kappa shape index (κ1) is 34.6. The highest BCUT2D eigenvalue weighted by molar-refractivity contribution is 5.96. The van der Waals surface area contributed by atoms with Gasteiger partial charge >= 0.3 is 12.1 Å². The third-order valence-electron chi connectivity index (χ3n) is 6.95. The molecule has 3 aromatic carbocycles. The minimum absolute atomic E-state index is 0.113. The Hall–Kier alpha value is -4.90. The smallest absolute Gasteiger partial charge is 0.322 e. The second kappa shape index (κ2) is 16.2. The molecule has 0 aliphatic heterocycles. The van der Waals surface area contributed by atoms with Gasteiger partial charge in [0.25, 0.3) is 0 Å². The van der Waals surface area contributed by atoms with Crippen molar-refractivity contribution in [1.82, 2.24) is 20.9 Å². The van der Waals surface area contributed by atoms with E-state index >= 15 is 0 Å². The fourth-order valence-electron chi connectivity index (χ4n) is 4.64. The lowest BCUT2D eigenvalue weighted by Gasteiger charge is -2.33. The van der Waals surface area contributed by atoms with Gasteiger partial charge in [-0.15, -0.1) is 0 Å². The van der Waals surface area contributed by atoms with Crippen molar-refractivity contribution in [2.24, 2.45) is 5.73 Å². The predicted octanol–water partition coefficient (Wildman–Crippen LogP) is 3.18. The number of anilines is 1. The van der Waals surface area contributed by atoms with Gasteiger partial charge in [-0.25, -0.2) is 9.59 Å². The topological polar surface area (TPSA) is 157 Å². The van der Waals surface area contributed by atoms with Crippen LogP contribution in [0, 0.1) is 0 Å². The van der Waals surface area contributed by atoms with E-state index in [2.05, 4.69) is 16.0 Å². The Balaban J connectivity index is 1.85. The summed E-state index contributed by atoms with van der Waals surface area (Å²) in [6, 6.07) is 24.3. The van der Waals surface area contributed by atoms with Crippen molar-refractivity contribution in [2.45, 2.75) is 63.9 Å². The maximum atomic E-state index is 13.6. The van der Waals surface area contributed by atoms with Crippen LogP contribution < -0.4 is 26.6 Å². The molecule has 0 bridgehead atoms. The largest absolute Gasteiger partial charge is 0.389 e. The Bertz CT molecular complexity index is 1400. The zero-order chi connectivity index (χ0) is 33.0. The van der Waals surface area contributed by atoms with Crippen LogP contribution in [-0.4, -0.2) is 71.2 Å². The normalized spacial score (nSPS) is 13.1. The number of urea groups is 2. The minimum Gasteiger partial charge on any atom is -0.389 e. The lowest BCUT2D eigenvalue weighted by Crippen LogP contribution is -2.58. The van der Waals surface area contributed by atoms with Gasteiger partial charge in [0.2, 0.25) is 11.8 Å². The van der Waals surface area contributed by atoms with Crippen molar-refractivity contribution in [1.29, 1.82) is 0 Å². The molecule has 11 heteroatoms. The number of primary amides is 1. The third kappa shape index (κ3) is 11.6. The summed E-state index contributed by atoms with van der Waals surface area (Å²) in [6.07, 6.45) is -1.46. The molecule has 6 N–H and O–H groups in total. The number of aliphatic hydroxyl groups is 1. The molecule has 11 nitrogen and oxygen atoms in total. The molecule has 0 aliphatic rings. The molecule has 0 radical (unpaired) electrons. The number of rotatable bonds is 13. The second-order valence-corrected chi connectivity index (χ2v) is 12.0. The van der Waals surface area contributed by atoms with Gasteiger partial charge in [-0.2, -0.15) is 0 Å². The fourth-order valence-corrected chi connectivity index (χ4v) is 4.64. The van der Waals surface area contributed by atoms with Crippen molar-refractivity contribution in [3.05, 3.63) is 102 Å². The number of carbonyl (C=O) groups excluding carboxylic acids is 4. The SMILES string of the molecule is CN(C(=O)NC(CC(N)=O)C(=O)N[C@@H](Cc1ccccc1)C(O)CN(Cc1ccccc1)C(=O)NC(C)(C)C)c1ccccc1. The number of para-hydroxylation sites is 1. The van der Waals surface area contributed by atoms with Crippen LogP contribution in [-0.2, 0) is 22.6 Å². The summed E-state index contributed by atoms with van der Waals surface area (Å²) in [5.41, 5.74) is 7.20. The van der Waals surface area contributed by atoms with Gasteiger partial charge in [0.05, 0.1) is 25.1 Å². The summed E-state index contributed by atoms with van der Waals surface area (Å²) >= 11 is 0. The average molecular weight is 617 g/mol. The number of nitrogens with two attached hydrogens (primary N) is 1. The summed E-state index contributed by atoms with van der Waals surface area (Å²) in [5.74, 6) is -1.48. The lowest BCUT2D eigenvalue weighted by molar-refractivity contribution is -0.128. The van der Waals surface area contributed by atoms with Crippen molar-refractivity contribution in [3.8, 4) is 0 Å². The Morgan fingerprint density at radius 3 is 1.87 bits per heavy atom. The van der Waals surface area contributed by atoms with E-state index in [1.165, 1.54) is 16.8 Å². The molecule has 45 heavy (non-hydrogen) atoms. The molecule has 2 unspecified atom stereocenters. The van der Waals surface area contributed by atoms with Crippen LogP contribution in [0.15, 0.2) is 91.0 Å². The molecule has 6 amide bonds. The summed E-state index contributed by atoms with van der Waals surface area (Å²) in [7, 11) is 1.54. The van der Waals surface area contributed by atoms with Crippen LogP contribution >= 0.6 is 0 Å². The van der Waals surface area contributed by atoms with Crippen molar-refractivity contribution in [2.75, 3.05) is 18.5 Å². The number of aliphatic hydroxyl groups excluding tert-OH is 1. The predicted molar refractivity (Wildman–Crippen MR) is 174 cm³/mol. The van der Waals surface area contributed by atoms with Crippen LogP contribution in [0.5, 0.6) is 0 Å². The highest BCUT2D eigenvalue weighted by Crippen LogP contribution is 2.14. The summed E-state index contributed by atoms with van der Waals surface area (Å²) in [4.78, 5) is 54.7. The number of benzene rings is 3. The molecule has 3 rings (SSSR count). The molecule has 0 aromatic heterocycles. The van der Waals surface area contributed by atoms with E-state index in [1.807, 2.05) is 87.5 Å². The first-order valence-electron chi connectivity index (χ1n) is 14.8. The lowest BCUT2D eigenvalue weighted by atomic mass is 9.99. The Labute approximate surface area is 264 Å². The standard InChI is InChI=1S/C34H44N6O5/c1-34(2,3)38-33(45)40(22-25-16-10-6-11-17-25)23-29(41)27(20-24-14-8-5-9-15-24)36-31(43)28(21-30(35)42)37-32(44)39(4)26-18-12-7-13-19-26/h5-19,27-29,41H,20-23H2,1-4H3,(H2,35,42)(H,36,43)(H,37,44)(H,38,45)/t27-,28?,29?/m0/s1. The molecule has 240 valence electrons. The summed E-state index contributed by atoms with van der Waals surface area (Å²) < 4.78 is 0. The second-order valence-electron chi connectivity index (χ2n) is 12.0. The molecular weight excluding hydrogens is 572 g/mol. The van der Waals surface area contributed by atoms with E-state index in [1.54, 1.807) is 24.3 Å². The van der Waals surface area contributed by atoms with E-state index in [0.29, 0.717) is 5.69 Å². The highest BCUT2D eigenvalue weighted by atomic mass is 16.3. The quantitative estimate of drug-likeness (QED) is 0.199. The van der Waals surface area contributed by atoms with Gasteiger partial charge in [0, 0.05) is 24.8 Å². The number of hydrogen-bond acceptors (Lipinski definition) is 5. The summed E-state index contributed by atoms with van der Waals surface area (Å²) in [5, 5.41) is 19.9. The van der Waals surface area contributed by atoms with Crippen LogP contribution in [0.25, 0.3) is 0 Å². The molecule has 0 saturated heterocycles. The molecule has 3 aromatic rings. The van der Waals surface area contributed by atoms with Gasteiger partial charge in [-0.3, -0.25) is 14.5 Å². The molecule has 0 heterocycles. The molecule has 0 fully saturated rings. The Morgan fingerprint density at radius 2 is 1.33 bits per heavy atom. The van der Waals surface area contributed by atoms with E-state index in [0.717, 1.165) is 11.1 Å². The molecule has 0 spiro atoms. The third-order valence-corrected chi connectivity index (χ3v) is 6.95. The van der Waals surface area contributed by atoms with E-state index < -0.39 is 48.0 Å². The van der Waals surface area contributed by atoms with E-state index in [4.69, 9.17) is 5.73 Å². The highest BCUT2D eigenvalue weighted by Gasteiger charge is 2.31. The number of amides is 6. The molecule has 3 atom stereocenters. The maximum Gasteiger partial charge on any atom is 0.322 e. The van der Waals surface area contributed by atoms with E-state index in [9.17, 15) is 24.3 Å². The van der Waals surface area contributed by atoms with E-state index in [-0.39, 0.29) is 25.5 Å². The monoisotopic (exact) mass is 616 g/mol. The number of carbonyl (C=O) groups is 4. The zero-order valence-electron chi connectivity index (χ0n) is 26.3. The van der Waals surface area contributed by atoms with Gasteiger partial charge in [-0.1, -0.05) is 78.9 Å². The molecule has 0 saturated carbocycles. The average Bonchev–Trinajstić information content (AvgIpc) is 3.00. The van der Waals surface area contributed by atoms with Gasteiger partial charge in [0.1, 0.15) is 6.04 Å². The fraction of sp³-hybridized carbons (Fsp3) is 0.353. The van der Waals surface area contributed by atoms with Gasteiger partial charge < -0.3 is 31.7 Å². The van der Waals surface area contributed by atoms with Crippen LogP contribution in [0.4, 0.5) is 15.3 Å². The van der Waals surface area contributed by atoms with Crippen LogP contribution in [0.3, 0.4) is 0 Å². The molecule has 0 aliphatic carbocycles. The van der Waals surface area contributed by atoms with Crippen molar-refractivity contribution in [3.63, 3.8) is 0 Å². The van der Waals surface area contributed by atoms with Crippen LogP contribution in [0.1, 0.15) is 38.3 Å². The van der Waals surface area contributed by atoms with Crippen LogP contribution in [0.2, 0.25) is 0 Å². The summed E-state index contributed by atoms with van der Waals surface area (Å²) in [6.45, 7) is 5.70. The maximum absolute atomic E-state index is 13.6. The van der Waals surface area contributed by atoms with Crippen molar-refractivity contribution >= 4 is 29.6 Å². The number of nitrogens with one attached hydrogen (secondary N) is 3. The Morgan fingerprint density at radius 1 is 0.800 bits per heavy atom. The Kier molecular flexibility index (Phi) is 12.5. The minimum atomic E-state index is -1.31. The number of nitrogens with zero attached hydrogens (tertiary/aromatic N) is 2. The van der Waals surface area contributed by atoms with Gasteiger partial charge in [-0.05, 0) is 50.5 Å². The molecular formula is C34H44N6O5.